The Kier molecular flexibility index (Phi) is 8.70. The van der Waals surface area contributed by atoms with E-state index in [0.29, 0.717) is 34.5 Å². The predicted molar refractivity (Wildman–Crippen MR) is 226 cm³/mol. The molecule has 0 fully saturated rings. The Bertz CT molecular complexity index is 2730. The number of aromatic nitrogens is 6. The number of hydrogen-bond donors (Lipinski definition) is 0. The molecule has 0 radical (unpaired) electrons. The summed E-state index contributed by atoms with van der Waals surface area (Å²) in [6.45, 7) is 0. The van der Waals surface area contributed by atoms with Gasteiger partial charge in [0, 0.05) is 44.5 Å². The predicted octanol–water partition coefficient (Wildman–Crippen LogP) is 12.1. The quantitative estimate of drug-likeness (QED) is 0.154. The highest BCUT2D eigenvalue weighted by molar-refractivity contribution is 5.83. The fourth-order valence-corrected chi connectivity index (χ4v) is 6.88. The maximum absolute atomic E-state index is 6.17. The van der Waals surface area contributed by atoms with Crippen molar-refractivity contribution in [3.63, 3.8) is 0 Å². The molecule has 7 heteroatoms. The van der Waals surface area contributed by atoms with Gasteiger partial charge < -0.3 is 4.42 Å². The number of nitrogens with zero attached hydrogens (tertiary/aromatic N) is 6. The minimum atomic E-state index is 0.500. The summed E-state index contributed by atoms with van der Waals surface area (Å²) < 4.78 is 6.17. The molecular formula is C50H32N6O. The van der Waals surface area contributed by atoms with Crippen LogP contribution in [0.2, 0.25) is 0 Å². The molecule has 0 aliphatic rings. The minimum absolute atomic E-state index is 0.500. The Morgan fingerprint density at radius 3 is 1.00 bits per heavy atom. The van der Waals surface area contributed by atoms with Crippen LogP contribution in [0.4, 0.5) is 0 Å². The maximum Gasteiger partial charge on any atom is 0.227 e. The number of pyridine rings is 2. The average Bonchev–Trinajstić information content (AvgIpc) is 3.74. The first kappa shape index (κ1) is 33.7. The smallest absolute Gasteiger partial charge is 0.227 e. The SMILES string of the molecule is c1ccc(-c2cc(-c3nc(-c4cc(-c5ccccc5)nc(-c5ccccc5)c4)nc(-c4ccc5oc(-c6ccccc6)nc5c4)n3)cc(-c3ccccc3)n2)cc1. The van der Waals surface area contributed by atoms with Gasteiger partial charge in [-0.05, 0) is 54.6 Å². The second kappa shape index (κ2) is 14.7. The highest BCUT2D eigenvalue weighted by Gasteiger charge is 2.19. The average molecular weight is 733 g/mol. The minimum Gasteiger partial charge on any atom is -0.436 e. The summed E-state index contributed by atoms with van der Waals surface area (Å²) >= 11 is 0. The van der Waals surface area contributed by atoms with E-state index in [2.05, 4.69) is 72.8 Å². The summed E-state index contributed by atoms with van der Waals surface area (Å²) in [6, 6.07) is 64.7. The van der Waals surface area contributed by atoms with Crippen molar-refractivity contribution in [3.8, 4) is 90.6 Å². The van der Waals surface area contributed by atoms with Crippen LogP contribution in [-0.4, -0.2) is 29.9 Å². The largest absolute Gasteiger partial charge is 0.436 e. The highest BCUT2D eigenvalue weighted by atomic mass is 16.3. The number of benzene rings is 6. The molecule has 0 amide bonds. The lowest BCUT2D eigenvalue weighted by Gasteiger charge is -2.13. The number of rotatable bonds is 8. The first-order chi connectivity index (χ1) is 28.2. The van der Waals surface area contributed by atoms with Gasteiger partial charge in [-0.2, -0.15) is 0 Å². The summed E-state index contributed by atoms with van der Waals surface area (Å²) in [5, 5.41) is 0. The molecule has 0 spiro atoms. The Labute approximate surface area is 329 Å². The van der Waals surface area contributed by atoms with Gasteiger partial charge in [0.15, 0.2) is 23.1 Å². The Morgan fingerprint density at radius 1 is 0.263 bits per heavy atom. The lowest BCUT2D eigenvalue weighted by Crippen LogP contribution is -2.02. The molecule has 4 heterocycles. The van der Waals surface area contributed by atoms with Crippen molar-refractivity contribution in [2.75, 3.05) is 0 Å². The molecule has 57 heavy (non-hydrogen) atoms. The van der Waals surface area contributed by atoms with E-state index in [-0.39, 0.29) is 0 Å². The van der Waals surface area contributed by atoms with Crippen molar-refractivity contribution in [2.24, 2.45) is 0 Å². The maximum atomic E-state index is 6.17. The van der Waals surface area contributed by atoms with E-state index < -0.39 is 0 Å². The molecule has 0 aliphatic carbocycles. The van der Waals surface area contributed by atoms with Crippen LogP contribution < -0.4 is 0 Å². The highest BCUT2D eigenvalue weighted by Crippen LogP contribution is 2.34. The Hall–Kier alpha value is -7.90. The molecular weight excluding hydrogens is 701 g/mol. The molecule has 7 nitrogen and oxygen atoms in total. The van der Waals surface area contributed by atoms with Gasteiger partial charge >= 0.3 is 0 Å². The summed E-state index contributed by atoms with van der Waals surface area (Å²) in [6.07, 6.45) is 0. The van der Waals surface area contributed by atoms with Gasteiger partial charge in [0.05, 0.1) is 22.8 Å². The molecule has 0 bridgehead atoms. The summed E-state index contributed by atoms with van der Waals surface area (Å²) in [5.41, 5.74) is 11.9. The van der Waals surface area contributed by atoms with E-state index in [1.165, 1.54) is 0 Å². The van der Waals surface area contributed by atoms with Crippen LogP contribution in [0, 0.1) is 0 Å². The van der Waals surface area contributed by atoms with E-state index in [1.807, 2.05) is 121 Å². The zero-order chi connectivity index (χ0) is 38.0. The second-order valence-corrected chi connectivity index (χ2v) is 13.6. The molecule has 4 aromatic heterocycles. The molecule has 10 rings (SSSR count). The molecule has 0 saturated heterocycles. The molecule has 0 unspecified atom stereocenters. The fourth-order valence-electron chi connectivity index (χ4n) is 6.88. The number of fused-ring (bicyclic) bond motifs is 1. The normalized spacial score (nSPS) is 11.2. The van der Waals surface area contributed by atoms with Gasteiger partial charge in [0.25, 0.3) is 0 Å². The molecule has 0 atom stereocenters. The third kappa shape index (κ3) is 6.97. The van der Waals surface area contributed by atoms with Gasteiger partial charge in [-0.1, -0.05) is 140 Å². The number of oxazole rings is 1. The van der Waals surface area contributed by atoms with Gasteiger partial charge in [0.2, 0.25) is 5.89 Å². The van der Waals surface area contributed by atoms with E-state index in [4.69, 9.17) is 34.3 Å². The van der Waals surface area contributed by atoms with Crippen LogP contribution in [0.15, 0.2) is 199 Å². The monoisotopic (exact) mass is 732 g/mol. The first-order valence-corrected chi connectivity index (χ1v) is 18.7. The standard InChI is InChI=1S/C50H32N6O/c1-6-16-33(17-7-1)41-29-39(30-42(51-41)34-18-8-2-9-19-34)48-54-47(38-26-27-46-45(28-38)53-50(57-46)37-24-14-5-15-25-37)55-49(56-48)40-31-43(35-20-10-3-11-21-35)52-44(32-40)36-22-12-4-13-23-36/h1-32H. The van der Waals surface area contributed by atoms with Crippen molar-refractivity contribution in [3.05, 3.63) is 194 Å². The van der Waals surface area contributed by atoms with Gasteiger partial charge in [0.1, 0.15) is 5.52 Å². The second-order valence-electron chi connectivity index (χ2n) is 13.6. The molecule has 0 aliphatic heterocycles. The van der Waals surface area contributed by atoms with Crippen LogP contribution in [0.5, 0.6) is 0 Å². The summed E-state index contributed by atoms with van der Waals surface area (Å²) in [7, 11) is 0. The zero-order valence-electron chi connectivity index (χ0n) is 30.6. The van der Waals surface area contributed by atoms with E-state index in [9.17, 15) is 0 Å². The van der Waals surface area contributed by atoms with Crippen molar-refractivity contribution in [1.29, 1.82) is 0 Å². The molecule has 10 aromatic rings. The lowest BCUT2D eigenvalue weighted by atomic mass is 10.0. The van der Waals surface area contributed by atoms with Crippen LogP contribution in [0.25, 0.3) is 102 Å². The van der Waals surface area contributed by atoms with Crippen LogP contribution in [0.3, 0.4) is 0 Å². The Morgan fingerprint density at radius 2 is 0.614 bits per heavy atom. The van der Waals surface area contributed by atoms with Crippen LogP contribution >= 0.6 is 0 Å². The summed E-state index contributed by atoms with van der Waals surface area (Å²) in [4.78, 5) is 30.7. The fraction of sp³-hybridized carbons (Fsp3) is 0. The number of hydrogen-bond acceptors (Lipinski definition) is 7. The van der Waals surface area contributed by atoms with Gasteiger partial charge in [-0.15, -0.1) is 0 Å². The van der Waals surface area contributed by atoms with Crippen molar-refractivity contribution >= 4 is 11.1 Å². The van der Waals surface area contributed by atoms with Crippen molar-refractivity contribution in [2.45, 2.75) is 0 Å². The van der Waals surface area contributed by atoms with Crippen LogP contribution in [-0.2, 0) is 0 Å². The van der Waals surface area contributed by atoms with E-state index in [0.717, 1.165) is 67.3 Å². The molecule has 0 saturated carbocycles. The molecule has 6 aromatic carbocycles. The summed E-state index contributed by atoms with van der Waals surface area (Å²) in [5.74, 6) is 2.07. The van der Waals surface area contributed by atoms with Crippen molar-refractivity contribution in [1.82, 2.24) is 29.9 Å². The molecule has 268 valence electrons. The zero-order valence-corrected chi connectivity index (χ0v) is 30.6. The third-order valence-electron chi connectivity index (χ3n) is 9.75. The lowest BCUT2D eigenvalue weighted by molar-refractivity contribution is 0.620. The van der Waals surface area contributed by atoms with E-state index in [1.54, 1.807) is 0 Å². The third-order valence-corrected chi connectivity index (χ3v) is 9.75. The van der Waals surface area contributed by atoms with E-state index >= 15 is 0 Å². The topological polar surface area (TPSA) is 90.5 Å². The Balaban J connectivity index is 1.20. The molecule has 0 N–H and O–H groups in total. The van der Waals surface area contributed by atoms with Gasteiger partial charge in [-0.25, -0.2) is 29.9 Å². The van der Waals surface area contributed by atoms with Gasteiger partial charge in [-0.3, -0.25) is 0 Å². The van der Waals surface area contributed by atoms with Crippen LogP contribution in [0.1, 0.15) is 0 Å². The van der Waals surface area contributed by atoms with Crippen molar-refractivity contribution < 1.29 is 4.42 Å². The first-order valence-electron chi connectivity index (χ1n) is 18.7.